The molecule has 8 nitrogen and oxygen atoms in total. The third kappa shape index (κ3) is 4.45. The molecule has 2 aromatic heterocycles. The smallest absolute Gasteiger partial charge is 0.338 e. The Morgan fingerprint density at radius 1 is 1.08 bits per heavy atom. The maximum absolute atomic E-state index is 13.9. The molecule has 38 heavy (non-hydrogen) atoms. The molecule has 0 spiro atoms. The van der Waals surface area contributed by atoms with E-state index in [-0.39, 0.29) is 17.7 Å². The number of aromatic nitrogens is 1. The molecule has 0 saturated carbocycles. The van der Waals surface area contributed by atoms with Crippen molar-refractivity contribution in [2.75, 3.05) is 20.8 Å². The highest BCUT2D eigenvalue weighted by Crippen LogP contribution is 2.36. The third-order valence-corrected chi connectivity index (χ3v) is 7.11. The van der Waals surface area contributed by atoms with Crippen molar-refractivity contribution in [3.05, 3.63) is 109 Å². The summed E-state index contributed by atoms with van der Waals surface area (Å²) in [4.78, 5) is 32.6. The Morgan fingerprint density at radius 3 is 2.53 bits per heavy atom. The van der Waals surface area contributed by atoms with Crippen LogP contribution in [-0.4, -0.2) is 31.4 Å². The molecule has 0 saturated heterocycles. The maximum Gasteiger partial charge on any atom is 0.338 e. The second kappa shape index (κ2) is 10.5. The molecule has 0 fully saturated rings. The van der Waals surface area contributed by atoms with Crippen molar-refractivity contribution in [3.63, 3.8) is 0 Å². The zero-order valence-electron chi connectivity index (χ0n) is 21.4. The SMILES string of the molecule is CCOC(=O)C1=C(c2ccccc2)N=c2sc(=Cc3cccc(OC)c3OC)c(=O)n2C1c1ccc(C)o1. The van der Waals surface area contributed by atoms with Crippen LogP contribution in [-0.2, 0) is 9.53 Å². The van der Waals surface area contributed by atoms with Gasteiger partial charge >= 0.3 is 5.97 Å². The number of para-hydroxylation sites is 1. The fraction of sp³-hybridized carbons (Fsp3) is 0.207. The molecule has 1 aliphatic heterocycles. The van der Waals surface area contributed by atoms with Gasteiger partial charge in [-0.25, -0.2) is 9.79 Å². The van der Waals surface area contributed by atoms with E-state index < -0.39 is 12.0 Å². The van der Waals surface area contributed by atoms with Crippen molar-refractivity contribution >= 4 is 29.1 Å². The van der Waals surface area contributed by atoms with Gasteiger partial charge in [0.15, 0.2) is 16.3 Å². The number of esters is 1. The molecule has 3 heterocycles. The van der Waals surface area contributed by atoms with E-state index >= 15 is 0 Å². The highest BCUT2D eigenvalue weighted by atomic mass is 32.1. The molecule has 0 aliphatic carbocycles. The van der Waals surface area contributed by atoms with E-state index in [4.69, 9.17) is 23.6 Å². The number of fused-ring (bicyclic) bond motifs is 1. The van der Waals surface area contributed by atoms with Gasteiger partial charge in [-0.2, -0.15) is 0 Å². The van der Waals surface area contributed by atoms with Crippen LogP contribution in [0.2, 0.25) is 0 Å². The number of hydrogen-bond acceptors (Lipinski definition) is 8. The molecule has 4 aromatic rings. The first-order valence-corrected chi connectivity index (χ1v) is 12.8. The zero-order valence-corrected chi connectivity index (χ0v) is 22.2. The van der Waals surface area contributed by atoms with Crippen molar-refractivity contribution in [2.45, 2.75) is 19.9 Å². The Morgan fingerprint density at radius 2 is 1.87 bits per heavy atom. The molecule has 9 heteroatoms. The minimum absolute atomic E-state index is 0.175. The topological polar surface area (TPSA) is 92.3 Å². The predicted octanol–water partition coefficient (Wildman–Crippen LogP) is 3.85. The molecule has 194 valence electrons. The van der Waals surface area contributed by atoms with E-state index in [9.17, 15) is 9.59 Å². The largest absolute Gasteiger partial charge is 0.493 e. The van der Waals surface area contributed by atoms with Crippen LogP contribution in [0, 0.1) is 6.92 Å². The maximum atomic E-state index is 13.9. The van der Waals surface area contributed by atoms with Gasteiger partial charge in [0.2, 0.25) is 0 Å². The van der Waals surface area contributed by atoms with Gasteiger partial charge in [-0.05, 0) is 38.1 Å². The van der Waals surface area contributed by atoms with E-state index in [1.54, 1.807) is 45.4 Å². The molecule has 0 N–H and O–H groups in total. The molecule has 2 aromatic carbocycles. The van der Waals surface area contributed by atoms with Crippen molar-refractivity contribution in [1.82, 2.24) is 4.57 Å². The van der Waals surface area contributed by atoms with E-state index in [0.29, 0.717) is 43.6 Å². The third-order valence-electron chi connectivity index (χ3n) is 6.12. The minimum atomic E-state index is -0.858. The van der Waals surface area contributed by atoms with Crippen molar-refractivity contribution in [2.24, 2.45) is 4.99 Å². The van der Waals surface area contributed by atoms with Crippen molar-refractivity contribution < 1.29 is 23.4 Å². The fourth-order valence-electron chi connectivity index (χ4n) is 4.48. The first kappa shape index (κ1) is 25.3. The number of nitrogens with zero attached hydrogens (tertiary/aromatic N) is 2. The summed E-state index contributed by atoms with van der Waals surface area (Å²) in [7, 11) is 3.11. The van der Waals surface area contributed by atoms with Crippen LogP contribution >= 0.6 is 11.3 Å². The summed E-state index contributed by atoms with van der Waals surface area (Å²) in [5.74, 6) is 1.60. The van der Waals surface area contributed by atoms with Crippen molar-refractivity contribution in [1.29, 1.82) is 0 Å². The molecular weight excluding hydrogens is 504 g/mol. The van der Waals surface area contributed by atoms with Crippen LogP contribution in [0.1, 0.15) is 35.6 Å². The number of carbonyl (C=O) groups is 1. The molecule has 0 bridgehead atoms. The van der Waals surface area contributed by atoms with Crippen molar-refractivity contribution in [3.8, 4) is 11.5 Å². The highest BCUT2D eigenvalue weighted by Gasteiger charge is 2.37. The van der Waals surface area contributed by atoms with E-state index in [1.807, 2.05) is 49.4 Å². The van der Waals surface area contributed by atoms with Gasteiger partial charge < -0.3 is 18.6 Å². The molecule has 1 unspecified atom stereocenters. The molecule has 0 radical (unpaired) electrons. The minimum Gasteiger partial charge on any atom is -0.493 e. The van der Waals surface area contributed by atoms with Crippen LogP contribution in [0.25, 0.3) is 11.8 Å². The normalized spacial score (nSPS) is 15.2. The second-order valence-electron chi connectivity index (χ2n) is 8.46. The van der Waals surface area contributed by atoms with E-state index in [2.05, 4.69) is 0 Å². The summed E-state index contributed by atoms with van der Waals surface area (Å²) in [6.45, 7) is 3.73. The van der Waals surface area contributed by atoms with Gasteiger partial charge in [-0.1, -0.05) is 53.8 Å². The Labute approximate surface area is 222 Å². The lowest BCUT2D eigenvalue weighted by Crippen LogP contribution is -2.39. The second-order valence-corrected chi connectivity index (χ2v) is 9.47. The summed E-state index contributed by atoms with van der Waals surface area (Å²) < 4.78 is 24.3. The van der Waals surface area contributed by atoms with Gasteiger partial charge in [-0.3, -0.25) is 9.36 Å². The molecule has 5 rings (SSSR count). The van der Waals surface area contributed by atoms with Crippen LogP contribution in [0.3, 0.4) is 0 Å². The number of rotatable bonds is 7. The number of hydrogen-bond donors (Lipinski definition) is 0. The van der Waals surface area contributed by atoms with Crippen LogP contribution in [0.4, 0.5) is 0 Å². The average molecular weight is 531 g/mol. The predicted molar refractivity (Wildman–Crippen MR) is 144 cm³/mol. The molecule has 1 aliphatic rings. The lowest BCUT2D eigenvalue weighted by molar-refractivity contribution is -0.139. The Balaban J connectivity index is 1.82. The summed E-state index contributed by atoms with van der Waals surface area (Å²) in [6.07, 6.45) is 1.74. The lowest BCUT2D eigenvalue weighted by Gasteiger charge is -2.24. The molecule has 1 atom stereocenters. The highest BCUT2D eigenvalue weighted by molar-refractivity contribution is 7.07. The zero-order chi connectivity index (χ0) is 26.8. The van der Waals surface area contributed by atoms with E-state index in [0.717, 1.165) is 5.56 Å². The number of aryl methyl sites for hydroxylation is 1. The van der Waals surface area contributed by atoms with Crippen LogP contribution in [0.15, 0.2) is 80.4 Å². The fourth-order valence-corrected chi connectivity index (χ4v) is 5.47. The number of carbonyl (C=O) groups excluding carboxylic acids is 1. The van der Waals surface area contributed by atoms with Crippen LogP contribution < -0.4 is 24.4 Å². The summed E-state index contributed by atoms with van der Waals surface area (Å²) in [6, 6.07) is 17.5. The van der Waals surface area contributed by atoms with Crippen LogP contribution in [0.5, 0.6) is 11.5 Å². The number of methoxy groups -OCH3 is 2. The first-order valence-electron chi connectivity index (χ1n) is 12.0. The molecular formula is C29H26N2O6S. The number of ether oxygens (including phenoxy) is 3. The van der Waals surface area contributed by atoms with Gasteiger partial charge in [0.25, 0.3) is 5.56 Å². The summed E-state index contributed by atoms with van der Waals surface area (Å²) in [5, 5.41) is 0. The van der Waals surface area contributed by atoms with E-state index in [1.165, 1.54) is 15.9 Å². The standard InChI is InChI=1S/C29H26N2O6S/c1-5-36-28(33)23-24(18-10-7-6-8-11-18)30-29-31(25(23)20-15-14-17(2)37-20)27(32)22(38-29)16-19-12-9-13-21(34-3)26(19)35-4/h6-16,25H,5H2,1-4H3. The van der Waals surface area contributed by atoms with Gasteiger partial charge in [0.1, 0.15) is 17.6 Å². The summed E-state index contributed by atoms with van der Waals surface area (Å²) >= 11 is 1.22. The van der Waals surface area contributed by atoms with Gasteiger partial charge in [0.05, 0.1) is 36.6 Å². The Hall–Kier alpha value is -4.37. The monoisotopic (exact) mass is 530 g/mol. The Kier molecular flexibility index (Phi) is 7.02. The quantitative estimate of drug-likeness (QED) is 0.337. The first-order chi connectivity index (χ1) is 18.5. The summed E-state index contributed by atoms with van der Waals surface area (Å²) in [5.41, 5.74) is 1.78. The lowest BCUT2D eigenvalue weighted by atomic mass is 9.97. The van der Waals surface area contributed by atoms with Gasteiger partial charge in [0, 0.05) is 11.1 Å². The number of thiazole rings is 1. The Bertz CT molecular complexity index is 1710. The number of benzene rings is 2. The van der Waals surface area contributed by atoms with Gasteiger partial charge in [-0.15, -0.1) is 0 Å². The average Bonchev–Trinajstić information content (AvgIpc) is 3.50. The number of furan rings is 1. The molecule has 0 amide bonds.